The van der Waals surface area contributed by atoms with E-state index in [4.69, 9.17) is 5.73 Å². The lowest BCUT2D eigenvalue weighted by Gasteiger charge is -2.00. The zero-order chi connectivity index (χ0) is 11.5. The molecule has 0 atom stereocenters. The van der Waals surface area contributed by atoms with Crippen molar-refractivity contribution in [2.45, 2.75) is 0 Å². The first-order valence-electron chi connectivity index (χ1n) is 4.05. The third-order valence-corrected chi connectivity index (χ3v) is 3.13. The Morgan fingerprint density at radius 3 is 2.80 bits per heavy atom. The summed E-state index contributed by atoms with van der Waals surface area (Å²) in [5.41, 5.74) is 5.56. The molecule has 15 heavy (non-hydrogen) atoms. The molecule has 1 aromatic heterocycles. The van der Waals surface area contributed by atoms with Crippen LogP contribution in [0.4, 0.5) is 5.13 Å². The molecule has 0 saturated carbocycles. The van der Waals surface area contributed by atoms with E-state index in [1.165, 1.54) is 5.38 Å². The predicted molar refractivity (Wildman–Crippen MR) is 58.6 cm³/mol. The molecule has 0 saturated heterocycles. The number of thiazole rings is 1. The molecule has 0 radical (unpaired) electrons. The lowest BCUT2D eigenvalue weighted by Crippen LogP contribution is -2.29. The number of amides is 1. The maximum Gasteiger partial charge on any atom is 0.270 e. The Bertz CT molecular complexity index is 452. The quantitative estimate of drug-likeness (QED) is 0.749. The van der Waals surface area contributed by atoms with Gasteiger partial charge in [-0.2, -0.15) is 0 Å². The summed E-state index contributed by atoms with van der Waals surface area (Å²) in [5, 5.41) is 4.27. The summed E-state index contributed by atoms with van der Waals surface area (Å²) in [4.78, 5) is 15.1. The van der Waals surface area contributed by atoms with Crippen molar-refractivity contribution >= 4 is 32.2 Å². The van der Waals surface area contributed by atoms with Gasteiger partial charge in [0.2, 0.25) is 0 Å². The van der Waals surface area contributed by atoms with Gasteiger partial charge in [0.05, 0.1) is 5.75 Å². The van der Waals surface area contributed by atoms with Crippen molar-refractivity contribution in [3.8, 4) is 0 Å². The number of nitrogens with two attached hydrogens (primary N) is 1. The number of anilines is 1. The molecule has 1 heterocycles. The number of nitrogens with one attached hydrogen (secondary N) is 1. The van der Waals surface area contributed by atoms with Crippen molar-refractivity contribution in [1.82, 2.24) is 10.3 Å². The molecule has 1 amide bonds. The van der Waals surface area contributed by atoms with Crippen molar-refractivity contribution in [3.05, 3.63) is 11.1 Å². The third kappa shape index (κ3) is 4.26. The molecule has 0 aromatic carbocycles. The first kappa shape index (κ1) is 11.9. The van der Waals surface area contributed by atoms with Crippen molar-refractivity contribution in [2.24, 2.45) is 0 Å². The van der Waals surface area contributed by atoms with Crippen LogP contribution in [0.1, 0.15) is 10.5 Å². The largest absolute Gasteiger partial charge is 0.375 e. The molecule has 1 aromatic rings. The second kappa shape index (κ2) is 4.58. The normalized spacial score (nSPS) is 11.3. The number of hydrogen-bond acceptors (Lipinski definition) is 6. The van der Waals surface area contributed by atoms with Crippen molar-refractivity contribution < 1.29 is 13.2 Å². The van der Waals surface area contributed by atoms with E-state index >= 15 is 0 Å². The fourth-order valence-electron chi connectivity index (χ4n) is 0.832. The summed E-state index contributed by atoms with van der Waals surface area (Å²) in [6.45, 7) is 0.0785. The number of carbonyl (C=O) groups is 1. The van der Waals surface area contributed by atoms with E-state index in [2.05, 4.69) is 10.3 Å². The standard InChI is InChI=1S/C7H11N3O3S2/c1-15(12,13)3-2-9-6(11)5-4-14-7(8)10-5/h4H,2-3H2,1H3,(H2,8,10)(H,9,11). The number of rotatable bonds is 4. The molecular formula is C7H11N3O3S2. The van der Waals surface area contributed by atoms with E-state index in [1.54, 1.807) is 0 Å². The fourth-order valence-corrected chi connectivity index (χ4v) is 1.85. The minimum atomic E-state index is -3.05. The monoisotopic (exact) mass is 249 g/mol. The Morgan fingerprint density at radius 1 is 1.67 bits per heavy atom. The Balaban J connectivity index is 2.44. The highest BCUT2D eigenvalue weighted by Gasteiger charge is 2.10. The number of sulfone groups is 1. The second-order valence-corrected chi connectivity index (χ2v) is 6.11. The number of nitrogens with zero attached hydrogens (tertiary/aromatic N) is 1. The van der Waals surface area contributed by atoms with Gasteiger partial charge in [-0.3, -0.25) is 4.79 Å². The van der Waals surface area contributed by atoms with Crippen LogP contribution in [0.5, 0.6) is 0 Å². The van der Waals surface area contributed by atoms with Gasteiger partial charge in [0.15, 0.2) is 5.13 Å². The van der Waals surface area contributed by atoms with Gasteiger partial charge in [0.25, 0.3) is 5.91 Å². The Labute approximate surface area is 91.4 Å². The number of aromatic nitrogens is 1. The van der Waals surface area contributed by atoms with Crippen LogP contribution in [0, 0.1) is 0 Å². The molecule has 0 spiro atoms. The van der Waals surface area contributed by atoms with Crippen LogP contribution in [0.15, 0.2) is 5.38 Å². The lowest BCUT2D eigenvalue weighted by molar-refractivity contribution is 0.0952. The van der Waals surface area contributed by atoms with Gasteiger partial charge in [-0.1, -0.05) is 0 Å². The molecule has 0 aliphatic carbocycles. The molecule has 0 fully saturated rings. The van der Waals surface area contributed by atoms with Crippen molar-refractivity contribution in [2.75, 3.05) is 24.3 Å². The molecule has 0 unspecified atom stereocenters. The zero-order valence-corrected chi connectivity index (χ0v) is 9.69. The van der Waals surface area contributed by atoms with E-state index in [0.717, 1.165) is 17.6 Å². The van der Waals surface area contributed by atoms with Crippen LogP contribution in [0.3, 0.4) is 0 Å². The van der Waals surface area contributed by atoms with Crippen LogP contribution in [0.25, 0.3) is 0 Å². The van der Waals surface area contributed by atoms with Gasteiger partial charge in [-0.25, -0.2) is 13.4 Å². The van der Waals surface area contributed by atoms with Gasteiger partial charge >= 0.3 is 0 Å². The van der Waals surface area contributed by atoms with Crippen molar-refractivity contribution in [3.63, 3.8) is 0 Å². The van der Waals surface area contributed by atoms with Crippen LogP contribution in [-0.2, 0) is 9.84 Å². The summed E-state index contributed by atoms with van der Waals surface area (Å²) in [7, 11) is -3.05. The number of hydrogen-bond donors (Lipinski definition) is 2. The minimum absolute atomic E-state index is 0.0785. The molecule has 84 valence electrons. The Kier molecular flexibility index (Phi) is 3.64. The summed E-state index contributed by atoms with van der Waals surface area (Å²) >= 11 is 1.16. The lowest BCUT2D eigenvalue weighted by atomic mass is 10.4. The highest BCUT2D eigenvalue weighted by molar-refractivity contribution is 7.90. The molecule has 1 rings (SSSR count). The fraction of sp³-hybridized carbons (Fsp3) is 0.429. The Morgan fingerprint density at radius 2 is 2.33 bits per heavy atom. The SMILES string of the molecule is CS(=O)(=O)CCNC(=O)c1csc(N)n1. The van der Waals surface area contributed by atoms with Gasteiger partial charge in [-0.05, 0) is 0 Å². The van der Waals surface area contributed by atoms with Gasteiger partial charge in [0.1, 0.15) is 15.5 Å². The molecule has 0 bridgehead atoms. The minimum Gasteiger partial charge on any atom is -0.375 e. The van der Waals surface area contributed by atoms with Crippen LogP contribution in [-0.4, -0.2) is 37.9 Å². The molecule has 3 N–H and O–H groups in total. The highest BCUT2D eigenvalue weighted by Crippen LogP contribution is 2.10. The Hall–Kier alpha value is -1.15. The average Bonchev–Trinajstić information content (AvgIpc) is 2.49. The zero-order valence-electron chi connectivity index (χ0n) is 8.06. The molecule has 0 aliphatic heterocycles. The van der Waals surface area contributed by atoms with Crippen LogP contribution >= 0.6 is 11.3 Å². The van der Waals surface area contributed by atoms with E-state index in [1.807, 2.05) is 0 Å². The van der Waals surface area contributed by atoms with Crippen LogP contribution in [0.2, 0.25) is 0 Å². The van der Waals surface area contributed by atoms with Crippen molar-refractivity contribution in [1.29, 1.82) is 0 Å². The first-order valence-corrected chi connectivity index (χ1v) is 6.99. The first-order chi connectivity index (χ1) is 6.88. The molecule has 0 aliphatic rings. The summed E-state index contributed by atoms with van der Waals surface area (Å²) in [6, 6.07) is 0. The predicted octanol–water partition coefficient (Wildman–Crippen LogP) is -0.500. The van der Waals surface area contributed by atoms with E-state index < -0.39 is 15.7 Å². The third-order valence-electron chi connectivity index (χ3n) is 1.51. The highest BCUT2D eigenvalue weighted by atomic mass is 32.2. The van der Waals surface area contributed by atoms with E-state index in [9.17, 15) is 13.2 Å². The van der Waals surface area contributed by atoms with Gasteiger partial charge < -0.3 is 11.1 Å². The summed E-state index contributed by atoms with van der Waals surface area (Å²) in [5.74, 6) is -0.496. The van der Waals surface area contributed by atoms with E-state index in [0.29, 0.717) is 5.13 Å². The number of nitrogen functional groups attached to an aromatic ring is 1. The van der Waals surface area contributed by atoms with Gasteiger partial charge in [-0.15, -0.1) is 11.3 Å². The van der Waals surface area contributed by atoms with E-state index in [-0.39, 0.29) is 18.0 Å². The maximum atomic E-state index is 11.3. The number of carbonyl (C=O) groups excluding carboxylic acids is 1. The smallest absolute Gasteiger partial charge is 0.270 e. The van der Waals surface area contributed by atoms with Gasteiger partial charge in [0, 0.05) is 18.2 Å². The second-order valence-electron chi connectivity index (χ2n) is 2.96. The summed E-state index contributed by atoms with van der Waals surface area (Å²) in [6.07, 6.45) is 1.11. The molecule has 8 heteroatoms. The summed E-state index contributed by atoms with van der Waals surface area (Å²) < 4.78 is 21.5. The molecule has 6 nitrogen and oxygen atoms in total. The molecular weight excluding hydrogens is 238 g/mol. The average molecular weight is 249 g/mol. The topological polar surface area (TPSA) is 102 Å². The van der Waals surface area contributed by atoms with Crippen LogP contribution < -0.4 is 11.1 Å². The maximum absolute atomic E-state index is 11.3.